The van der Waals surface area contributed by atoms with Gasteiger partial charge in [0.15, 0.2) is 0 Å². The van der Waals surface area contributed by atoms with Crippen molar-refractivity contribution < 1.29 is 8.83 Å². The highest BCUT2D eigenvalue weighted by Gasteiger charge is 2.32. The molecule has 5 heteroatoms. The second-order valence-electron chi connectivity index (χ2n) is 28.9. The van der Waals surface area contributed by atoms with Gasteiger partial charge in [-0.25, -0.2) is 0 Å². The molecule has 4 aliphatic carbocycles. The first-order valence-corrected chi connectivity index (χ1v) is 38.9. The molecule has 16 aromatic rings. The van der Waals surface area contributed by atoms with E-state index in [-0.39, 0.29) is 0 Å². The molecule has 0 saturated heterocycles. The van der Waals surface area contributed by atoms with Gasteiger partial charge in [-0.3, -0.25) is 0 Å². The number of nitrogens with one attached hydrogen (secondary N) is 1. The van der Waals surface area contributed by atoms with E-state index < -0.39 is 0 Å². The highest BCUT2D eigenvalue weighted by molar-refractivity contribution is 9.10. The molecule has 0 spiro atoms. The average Bonchev–Trinajstić information content (AvgIpc) is 1.20. The fourth-order valence-corrected chi connectivity index (χ4v) is 18.3. The number of para-hydroxylation sites is 2. The van der Waals surface area contributed by atoms with Crippen molar-refractivity contribution in [2.24, 2.45) is 0 Å². The van der Waals surface area contributed by atoms with Crippen LogP contribution < -0.4 is 10.2 Å². The van der Waals surface area contributed by atoms with Crippen LogP contribution in [0, 0.1) is 0 Å². The molecule has 0 unspecified atom stereocenters. The van der Waals surface area contributed by atoms with E-state index in [1.54, 1.807) is 33.4 Å². The Hall–Kier alpha value is -11.2. The summed E-state index contributed by atoms with van der Waals surface area (Å²) in [5.74, 6) is 0. The molecule has 2 heterocycles. The number of nitrogens with zero attached hydrogens (tertiary/aromatic N) is 1. The fraction of sp³-hybridized carbons (Fsp3) is 0.160. The van der Waals surface area contributed by atoms with Gasteiger partial charge in [0.2, 0.25) is 0 Å². The second kappa shape index (κ2) is 29.5. The van der Waals surface area contributed by atoms with Crippen LogP contribution in [0.5, 0.6) is 0 Å². The quantitative estimate of drug-likeness (QED) is 0.140. The van der Waals surface area contributed by atoms with Crippen LogP contribution in [0.2, 0.25) is 0 Å². The lowest BCUT2D eigenvalue weighted by Crippen LogP contribution is -2.21. The first-order valence-electron chi connectivity index (χ1n) is 38.1. The zero-order valence-corrected chi connectivity index (χ0v) is 60.9. The molecule has 105 heavy (non-hydrogen) atoms. The van der Waals surface area contributed by atoms with Gasteiger partial charge in [0, 0.05) is 48.8 Å². The smallest absolute Gasteiger partial charge is 0.136 e. The number of halogens is 1. The topological polar surface area (TPSA) is 41.6 Å². The van der Waals surface area contributed by atoms with Crippen molar-refractivity contribution in [3.63, 3.8) is 0 Å². The largest absolute Gasteiger partial charge is 0.456 e. The molecule has 2 aromatic heterocycles. The van der Waals surface area contributed by atoms with Crippen molar-refractivity contribution in [3.8, 4) is 66.8 Å². The summed E-state index contributed by atoms with van der Waals surface area (Å²) in [6.07, 6.45) is 19.4. The zero-order chi connectivity index (χ0) is 70.0. The Kier molecular flexibility index (Phi) is 18.5. The van der Waals surface area contributed by atoms with Crippen LogP contribution >= 0.6 is 15.9 Å². The van der Waals surface area contributed by atoms with E-state index in [9.17, 15) is 0 Å². The Morgan fingerprint density at radius 3 is 0.857 bits per heavy atom. The third kappa shape index (κ3) is 13.2. The Morgan fingerprint density at radius 1 is 0.238 bits per heavy atom. The first kappa shape index (κ1) is 65.8. The normalized spacial score (nSPS) is 13.7. The number of anilines is 5. The molecule has 0 radical (unpaired) electrons. The van der Waals surface area contributed by atoms with E-state index >= 15 is 0 Å². The predicted molar refractivity (Wildman–Crippen MR) is 445 cm³/mol. The summed E-state index contributed by atoms with van der Waals surface area (Å²) in [5, 5.41) is 8.28. The Balaban J connectivity index is 0.000000124. The van der Waals surface area contributed by atoms with Gasteiger partial charge in [0.1, 0.15) is 22.3 Å². The molecule has 0 atom stereocenters. The van der Waals surface area contributed by atoms with Crippen LogP contribution in [0.15, 0.2) is 317 Å². The van der Waals surface area contributed by atoms with Crippen molar-refractivity contribution in [1.29, 1.82) is 0 Å². The highest BCUT2D eigenvalue weighted by atomic mass is 79.9. The summed E-state index contributed by atoms with van der Waals surface area (Å²) in [6.45, 7) is 0. The summed E-state index contributed by atoms with van der Waals surface area (Å²) >= 11 is 4.00. The van der Waals surface area contributed by atoms with Gasteiger partial charge in [-0.05, 0) is 299 Å². The molecule has 4 nitrogen and oxygen atoms in total. The molecular formula is C100H83BrN2O2. The molecule has 20 rings (SSSR count). The molecule has 0 aliphatic heterocycles. The molecular weight excluding hydrogens is 1340 g/mol. The van der Waals surface area contributed by atoms with Crippen molar-refractivity contribution in [1.82, 2.24) is 0 Å². The minimum Gasteiger partial charge on any atom is -0.456 e. The molecule has 0 amide bonds. The monoisotopic (exact) mass is 1420 g/mol. The van der Waals surface area contributed by atoms with Crippen molar-refractivity contribution in [3.05, 3.63) is 352 Å². The first-order chi connectivity index (χ1) is 52.0. The molecule has 0 fully saturated rings. The van der Waals surface area contributed by atoms with Gasteiger partial charge in [-0.1, -0.05) is 234 Å². The average molecular weight is 1420 g/mol. The van der Waals surface area contributed by atoms with Crippen molar-refractivity contribution in [2.45, 2.75) is 103 Å². The van der Waals surface area contributed by atoms with Crippen molar-refractivity contribution >= 4 is 88.2 Å². The van der Waals surface area contributed by atoms with Crippen LogP contribution in [0.25, 0.3) is 111 Å². The van der Waals surface area contributed by atoms with Crippen LogP contribution in [-0.2, 0) is 51.4 Å². The van der Waals surface area contributed by atoms with Gasteiger partial charge >= 0.3 is 0 Å². The molecule has 4 aliphatic rings. The maximum absolute atomic E-state index is 6.46. The fourth-order valence-electron chi connectivity index (χ4n) is 17.4. The van der Waals surface area contributed by atoms with Gasteiger partial charge in [0.05, 0.1) is 5.69 Å². The van der Waals surface area contributed by atoms with Crippen LogP contribution in [0.4, 0.5) is 28.4 Å². The third-order valence-corrected chi connectivity index (χ3v) is 23.4. The van der Waals surface area contributed by atoms with E-state index in [0.29, 0.717) is 0 Å². The number of benzene rings is 14. The summed E-state index contributed by atoms with van der Waals surface area (Å²) in [7, 11) is 0. The second-order valence-corrected chi connectivity index (χ2v) is 29.7. The molecule has 14 aromatic carbocycles. The van der Waals surface area contributed by atoms with Crippen LogP contribution in [0.3, 0.4) is 0 Å². The molecule has 0 bridgehead atoms. The minimum atomic E-state index is 0.960. The summed E-state index contributed by atoms with van der Waals surface area (Å²) in [4.78, 5) is 2.60. The summed E-state index contributed by atoms with van der Waals surface area (Å²) in [6, 6.07) is 109. The van der Waals surface area contributed by atoms with Crippen molar-refractivity contribution in [2.75, 3.05) is 10.2 Å². The Bertz CT molecular complexity index is 5540. The van der Waals surface area contributed by atoms with Crippen LogP contribution in [0.1, 0.15) is 95.9 Å². The number of rotatable bonds is 11. The summed E-state index contributed by atoms with van der Waals surface area (Å²) < 4.78 is 14.1. The number of fused-ring (bicyclic) bond motifs is 10. The lowest BCUT2D eigenvalue weighted by molar-refractivity contribution is 0.655. The van der Waals surface area contributed by atoms with E-state index in [0.717, 1.165) is 59.4 Å². The predicted octanol–water partition coefficient (Wildman–Crippen LogP) is 28.4. The SMILES string of the molecule is Brc1c2c(c(-c3ccc4c(c3)oc3ccccc34)c3c1CCCC3)CCCC2.c1ccc(-c2ccc(N(c3ccc(-c4ccccc4)cc3)c3c4c(c(-c5ccc6c(c5)oc5ccccc56)c5c3CCCC5)CCCC4)cc2)cc1.c1ccc(-c2ccc(Nc3ccc(-c4ccccc4)cc3)cc2)cc1. The molecule has 0 saturated carbocycles. The van der Waals surface area contributed by atoms with Gasteiger partial charge in [-0.2, -0.15) is 0 Å². The van der Waals surface area contributed by atoms with E-state index in [2.05, 4.69) is 311 Å². The lowest BCUT2D eigenvalue weighted by Gasteiger charge is -2.37. The number of furan rings is 2. The summed E-state index contributed by atoms with van der Waals surface area (Å²) in [5.41, 5.74) is 38.0. The van der Waals surface area contributed by atoms with Gasteiger partial charge in [0.25, 0.3) is 0 Å². The van der Waals surface area contributed by atoms with Crippen LogP contribution in [-0.4, -0.2) is 0 Å². The Morgan fingerprint density at radius 2 is 0.505 bits per heavy atom. The van der Waals surface area contributed by atoms with E-state index in [1.165, 1.54) is 198 Å². The van der Waals surface area contributed by atoms with Gasteiger partial charge in [-0.15, -0.1) is 0 Å². The minimum absolute atomic E-state index is 0.960. The molecule has 1 N–H and O–H groups in total. The third-order valence-electron chi connectivity index (χ3n) is 22.5. The van der Waals surface area contributed by atoms with Gasteiger partial charge < -0.3 is 19.1 Å². The maximum Gasteiger partial charge on any atom is 0.136 e. The highest BCUT2D eigenvalue weighted by Crippen LogP contribution is 2.52. The molecule has 512 valence electrons. The number of hydrogen-bond donors (Lipinski definition) is 1. The lowest BCUT2D eigenvalue weighted by atomic mass is 9.75. The zero-order valence-electron chi connectivity index (χ0n) is 59.3. The number of hydrogen-bond acceptors (Lipinski definition) is 4. The maximum atomic E-state index is 6.46. The Labute approximate surface area is 624 Å². The standard InChI is InChI=1S/C50H41NO.C26H23BrO.C24H19N/c1-3-13-34(14-4-1)36-23-28-39(29-24-36)51(40-30-25-37(26-31-40)35-15-5-2-6-16-35)50-45-20-9-7-18-43(45)49(44-19-8-10-21-46(44)50)38-27-32-42-41-17-11-12-22-47(41)52-48(42)33-38;27-26-21-10-3-1-8-19(21)25(20-9-2-4-11-22(20)26)16-13-14-18-17-7-5-6-12-23(17)28-24(18)15-16;1-3-7-19(8-4-1)21-11-15-23(16-12-21)25-24-17-13-22(14-18-24)20-9-5-2-6-10-20/h1-6,11-17,22-33H,7-10,18-21H2;5-7,12-15H,1-4,8-11H2;1-18,25H. The van der Waals surface area contributed by atoms with E-state index in [1.807, 2.05) is 18.2 Å². The van der Waals surface area contributed by atoms with E-state index in [4.69, 9.17) is 8.83 Å².